The largest absolute Gasteiger partial charge is 0.310 e. The molecule has 1 atom stereocenters. The van der Waals surface area contributed by atoms with Gasteiger partial charge in [-0.1, -0.05) is 60.3 Å². The monoisotopic (exact) mass is 388 g/mol. The van der Waals surface area contributed by atoms with Gasteiger partial charge in [-0.2, -0.15) is 0 Å². The van der Waals surface area contributed by atoms with Gasteiger partial charge in [0.1, 0.15) is 5.82 Å². The average Bonchev–Trinajstić information content (AvgIpc) is 2.95. The summed E-state index contributed by atoms with van der Waals surface area (Å²) in [7, 11) is 0. The number of nitrogens with zero attached hydrogens (tertiary/aromatic N) is 3. The van der Waals surface area contributed by atoms with E-state index in [-0.39, 0.29) is 11.2 Å². The summed E-state index contributed by atoms with van der Waals surface area (Å²) >= 11 is 10.4. The molecule has 0 bridgehead atoms. The molecule has 0 fully saturated rings. The van der Waals surface area contributed by atoms with E-state index in [0.29, 0.717) is 16.8 Å². The zero-order valence-corrected chi connectivity index (χ0v) is 16.2. The molecule has 2 rings (SSSR count). The lowest BCUT2D eigenvalue weighted by Gasteiger charge is -2.09. The molecule has 2 aromatic heterocycles. The van der Waals surface area contributed by atoms with Crippen molar-refractivity contribution in [1.82, 2.24) is 15.2 Å². The van der Waals surface area contributed by atoms with E-state index >= 15 is 0 Å². The second kappa shape index (κ2) is 8.86. The van der Waals surface area contributed by atoms with Gasteiger partial charge in [-0.15, -0.1) is 10.2 Å². The molecule has 0 radical (unpaired) electrons. The molecule has 9 heteroatoms. The van der Waals surface area contributed by atoms with Crippen molar-refractivity contribution in [3.63, 3.8) is 0 Å². The van der Waals surface area contributed by atoms with E-state index in [0.717, 1.165) is 14.4 Å². The first-order valence-corrected chi connectivity index (χ1v) is 10.1. The quantitative estimate of drug-likeness (QED) is 0.706. The molecule has 1 N–H and O–H groups in total. The summed E-state index contributed by atoms with van der Waals surface area (Å²) in [6.45, 7) is 6.17. The lowest BCUT2D eigenvalue weighted by molar-refractivity contribution is -0.115. The molecule has 2 aromatic rings. The zero-order valence-electron chi connectivity index (χ0n) is 12.9. The molecule has 0 saturated heterocycles. The number of aromatic nitrogens is 3. The van der Waals surface area contributed by atoms with Gasteiger partial charge >= 0.3 is 0 Å². The third-order valence-corrected chi connectivity index (χ3v) is 6.44. The fourth-order valence-electron chi connectivity index (χ4n) is 1.42. The standard InChI is InChI=1S/C14H17ClN4OS3/c1-8(2)7-21-13-18-19-14(23-13)22-9(3)12(20)17-11-5-4-10(15)6-16-11/h4-6,8-9H,7H2,1-3H3,(H,16,17,20)/t9-/m0/s1. The van der Waals surface area contributed by atoms with Crippen LogP contribution in [0.3, 0.4) is 0 Å². The maximum absolute atomic E-state index is 12.2. The predicted molar refractivity (Wildman–Crippen MR) is 98.7 cm³/mol. The molecule has 124 valence electrons. The summed E-state index contributed by atoms with van der Waals surface area (Å²) in [6, 6.07) is 3.36. The fraction of sp³-hybridized carbons (Fsp3) is 0.429. The van der Waals surface area contributed by atoms with Crippen LogP contribution >= 0.6 is 46.5 Å². The number of hydrogen-bond acceptors (Lipinski definition) is 7. The molecule has 2 heterocycles. The van der Waals surface area contributed by atoms with Crippen LogP contribution < -0.4 is 5.32 Å². The Morgan fingerprint density at radius 1 is 1.30 bits per heavy atom. The fourth-order valence-corrected chi connectivity index (χ4v) is 4.68. The van der Waals surface area contributed by atoms with Crippen LogP contribution in [-0.4, -0.2) is 32.1 Å². The van der Waals surface area contributed by atoms with E-state index in [1.165, 1.54) is 29.3 Å². The minimum absolute atomic E-state index is 0.128. The number of carbonyl (C=O) groups is 1. The molecular formula is C14H17ClN4OS3. The van der Waals surface area contributed by atoms with E-state index in [2.05, 4.69) is 34.3 Å². The maximum Gasteiger partial charge on any atom is 0.238 e. The van der Waals surface area contributed by atoms with Crippen LogP contribution in [0, 0.1) is 5.92 Å². The van der Waals surface area contributed by atoms with Crippen molar-refractivity contribution >= 4 is 58.2 Å². The first kappa shape index (κ1) is 18.5. The SMILES string of the molecule is CC(C)CSc1nnc(S[C@@H](C)C(=O)Nc2ccc(Cl)cn2)s1. The highest BCUT2D eigenvalue weighted by Crippen LogP contribution is 2.32. The molecule has 0 unspecified atom stereocenters. The van der Waals surface area contributed by atoms with Crippen molar-refractivity contribution in [1.29, 1.82) is 0 Å². The molecular weight excluding hydrogens is 372 g/mol. The number of nitrogens with one attached hydrogen (secondary N) is 1. The number of pyridine rings is 1. The third-order valence-electron chi connectivity index (χ3n) is 2.55. The third kappa shape index (κ3) is 6.29. The number of thioether (sulfide) groups is 2. The zero-order chi connectivity index (χ0) is 16.8. The summed E-state index contributed by atoms with van der Waals surface area (Å²) < 4.78 is 1.73. The highest BCUT2D eigenvalue weighted by Gasteiger charge is 2.18. The number of hydrogen-bond donors (Lipinski definition) is 1. The Bertz CT molecular complexity index is 648. The maximum atomic E-state index is 12.2. The van der Waals surface area contributed by atoms with Gasteiger partial charge in [0.05, 0.1) is 10.3 Å². The Morgan fingerprint density at radius 2 is 2.04 bits per heavy atom. The van der Waals surface area contributed by atoms with Crippen LogP contribution in [0.2, 0.25) is 5.02 Å². The van der Waals surface area contributed by atoms with Crippen LogP contribution in [0.15, 0.2) is 27.0 Å². The Hall–Kier alpha value is -0.830. The number of rotatable bonds is 7. The van der Waals surface area contributed by atoms with Gasteiger partial charge in [0.25, 0.3) is 0 Å². The van der Waals surface area contributed by atoms with Gasteiger partial charge in [-0.25, -0.2) is 4.98 Å². The van der Waals surface area contributed by atoms with E-state index < -0.39 is 0 Å². The van der Waals surface area contributed by atoms with Crippen molar-refractivity contribution in [2.75, 3.05) is 11.1 Å². The van der Waals surface area contributed by atoms with Gasteiger partial charge in [-0.3, -0.25) is 4.79 Å². The first-order valence-electron chi connectivity index (χ1n) is 6.99. The Morgan fingerprint density at radius 3 is 2.70 bits per heavy atom. The van der Waals surface area contributed by atoms with Gasteiger partial charge < -0.3 is 5.32 Å². The Labute approximate surface area is 153 Å². The number of carbonyl (C=O) groups excluding carboxylic acids is 1. The molecule has 0 aliphatic rings. The van der Waals surface area contributed by atoms with Crippen LogP contribution in [-0.2, 0) is 4.79 Å². The minimum atomic E-state index is -0.289. The lowest BCUT2D eigenvalue weighted by atomic mass is 10.3. The molecule has 0 spiro atoms. The summed E-state index contributed by atoms with van der Waals surface area (Å²) in [5.41, 5.74) is 0. The van der Waals surface area contributed by atoms with Crippen LogP contribution in [0.1, 0.15) is 20.8 Å². The van der Waals surface area contributed by atoms with Crippen molar-refractivity contribution < 1.29 is 4.79 Å². The minimum Gasteiger partial charge on any atom is -0.310 e. The highest BCUT2D eigenvalue weighted by atomic mass is 35.5. The first-order chi connectivity index (χ1) is 10.9. The Balaban J connectivity index is 1.86. The molecule has 0 saturated carbocycles. The van der Waals surface area contributed by atoms with E-state index in [9.17, 15) is 4.79 Å². The number of amides is 1. The molecule has 23 heavy (non-hydrogen) atoms. The van der Waals surface area contributed by atoms with Crippen molar-refractivity contribution in [3.8, 4) is 0 Å². The topological polar surface area (TPSA) is 67.8 Å². The summed E-state index contributed by atoms with van der Waals surface area (Å²) in [5.74, 6) is 1.97. The summed E-state index contributed by atoms with van der Waals surface area (Å²) in [5, 5.41) is 11.3. The normalized spacial score (nSPS) is 12.4. The second-order valence-corrected chi connectivity index (χ2v) is 9.42. The van der Waals surface area contributed by atoms with Crippen molar-refractivity contribution in [2.24, 2.45) is 5.92 Å². The van der Waals surface area contributed by atoms with Gasteiger partial charge in [-0.05, 0) is 25.0 Å². The smallest absolute Gasteiger partial charge is 0.238 e. The summed E-state index contributed by atoms with van der Waals surface area (Å²) in [6.07, 6.45) is 1.50. The van der Waals surface area contributed by atoms with E-state index in [4.69, 9.17) is 11.6 Å². The molecule has 0 aliphatic heterocycles. The second-order valence-electron chi connectivity index (χ2n) is 5.15. The molecule has 5 nitrogen and oxygen atoms in total. The van der Waals surface area contributed by atoms with Gasteiger partial charge in [0.15, 0.2) is 8.68 Å². The Kier molecular flexibility index (Phi) is 7.13. The van der Waals surface area contributed by atoms with Gasteiger partial charge in [0.2, 0.25) is 5.91 Å². The average molecular weight is 389 g/mol. The van der Waals surface area contributed by atoms with E-state index in [1.54, 1.807) is 23.9 Å². The van der Waals surface area contributed by atoms with Gasteiger partial charge in [0, 0.05) is 11.9 Å². The van der Waals surface area contributed by atoms with Crippen molar-refractivity contribution in [3.05, 3.63) is 23.4 Å². The number of anilines is 1. The number of halogens is 1. The predicted octanol–water partition coefficient (Wildman–Crippen LogP) is 4.45. The summed E-state index contributed by atoms with van der Waals surface area (Å²) in [4.78, 5) is 16.2. The molecule has 0 aliphatic carbocycles. The van der Waals surface area contributed by atoms with Crippen molar-refractivity contribution in [2.45, 2.75) is 34.7 Å². The lowest BCUT2D eigenvalue weighted by Crippen LogP contribution is -2.22. The molecule has 1 amide bonds. The van der Waals surface area contributed by atoms with E-state index in [1.807, 2.05) is 6.92 Å². The van der Waals surface area contributed by atoms with Crippen LogP contribution in [0.4, 0.5) is 5.82 Å². The highest BCUT2D eigenvalue weighted by molar-refractivity contribution is 8.03. The molecule has 0 aromatic carbocycles. The van der Waals surface area contributed by atoms with Crippen LogP contribution in [0.5, 0.6) is 0 Å². The van der Waals surface area contributed by atoms with Crippen LogP contribution in [0.25, 0.3) is 0 Å².